The van der Waals surface area contributed by atoms with Crippen LogP contribution in [0.3, 0.4) is 0 Å². The summed E-state index contributed by atoms with van der Waals surface area (Å²) in [4.78, 5) is 25.6. The molecule has 5 rings (SSSR count). The van der Waals surface area contributed by atoms with Gasteiger partial charge in [0, 0.05) is 42.5 Å². The first kappa shape index (κ1) is 24.2. The monoisotopic (exact) mass is 503 g/mol. The van der Waals surface area contributed by atoms with E-state index in [9.17, 15) is 4.79 Å². The minimum absolute atomic E-state index is 0.0874. The van der Waals surface area contributed by atoms with Gasteiger partial charge in [-0.1, -0.05) is 30.3 Å². The van der Waals surface area contributed by atoms with E-state index in [1.165, 1.54) is 0 Å². The number of hydrogen-bond acceptors (Lipinski definition) is 7. The molecule has 0 saturated carbocycles. The third kappa shape index (κ3) is 4.54. The number of fused-ring (bicyclic) bond motifs is 3. The molecule has 2 aromatic carbocycles. The number of carbonyl (C=O) groups excluding carboxylic acids is 1. The largest absolute Gasteiger partial charge is 0.494 e. The second-order valence-corrected chi connectivity index (χ2v) is 10.1. The Morgan fingerprint density at radius 1 is 1.28 bits per heavy atom. The lowest BCUT2D eigenvalue weighted by Crippen LogP contribution is -2.47. The SMILES string of the molecule is C=CC[C@@]12N=C(c3ccc(OCCCO)cc3)O[C@@H]1c1ccccc1CN(Cc1csc(C)n1)C2=O. The highest BCUT2D eigenvalue weighted by Crippen LogP contribution is 2.47. The molecule has 3 heterocycles. The van der Waals surface area contributed by atoms with Crippen LogP contribution < -0.4 is 4.74 Å². The highest BCUT2D eigenvalue weighted by molar-refractivity contribution is 7.09. The van der Waals surface area contributed by atoms with Crippen molar-refractivity contribution in [3.8, 4) is 5.75 Å². The minimum Gasteiger partial charge on any atom is -0.494 e. The van der Waals surface area contributed by atoms with Crippen LogP contribution in [-0.4, -0.2) is 45.5 Å². The first-order valence-electron chi connectivity index (χ1n) is 12.0. The average molecular weight is 504 g/mol. The summed E-state index contributed by atoms with van der Waals surface area (Å²) in [7, 11) is 0. The molecular weight excluding hydrogens is 474 g/mol. The van der Waals surface area contributed by atoms with Gasteiger partial charge in [0.05, 0.1) is 23.9 Å². The summed E-state index contributed by atoms with van der Waals surface area (Å²) < 4.78 is 12.1. The van der Waals surface area contributed by atoms with Crippen LogP contribution in [0.1, 0.15) is 46.3 Å². The van der Waals surface area contributed by atoms with E-state index in [4.69, 9.17) is 19.6 Å². The van der Waals surface area contributed by atoms with Crippen LogP contribution in [0, 0.1) is 6.92 Å². The predicted molar refractivity (Wildman–Crippen MR) is 139 cm³/mol. The van der Waals surface area contributed by atoms with Gasteiger partial charge in [0.2, 0.25) is 5.90 Å². The second-order valence-electron chi connectivity index (χ2n) is 9.00. The Morgan fingerprint density at radius 2 is 2.08 bits per heavy atom. The molecule has 0 unspecified atom stereocenters. The second kappa shape index (κ2) is 10.2. The van der Waals surface area contributed by atoms with Crippen molar-refractivity contribution in [2.24, 2.45) is 4.99 Å². The van der Waals surface area contributed by atoms with E-state index in [-0.39, 0.29) is 12.5 Å². The molecule has 0 aliphatic carbocycles. The lowest BCUT2D eigenvalue weighted by molar-refractivity contribution is -0.140. The number of amides is 1. The van der Waals surface area contributed by atoms with Crippen molar-refractivity contribution >= 4 is 23.1 Å². The fourth-order valence-electron chi connectivity index (χ4n) is 4.79. The number of nitrogens with zero attached hydrogens (tertiary/aromatic N) is 3. The van der Waals surface area contributed by atoms with Crippen LogP contribution in [0.15, 0.2) is 71.6 Å². The number of aryl methyl sites for hydroxylation is 1. The molecule has 1 aromatic heterocycles. The van der Waals surface area contributed by atoms with Crippen molar-refractivity contribution in [2.45, 2.75) is 44.5 Å². The molecule has 0 fully saturated rings. The molecule has 0 spiro atoms. The van der Waals surface area contributed by atoms with Gasteiger partial charge in [0.25, 0.3) is 5.91 Å². The molecule has 36 heavy (non-hydrogen) atoms. The molecule has 2 aliphatic heterocycles. The number of aliphatic hydroxyl groups excluding tert-OH is 1. The van der Waals surface area contributed by atoms with Crippen LogP contribution in [0.4, 0.5) is 0 Å². The highest BCUT2D eigenvalue weighted by Gasteiger charge is 2.56. The number of benzene rings is 2. The maximum atomic E-state index is 14.2. The Kier molecular flexibility index (Phi) is 6.89. The Balaban J connectivity index is 1.53. The highest BCUT2D eigenvalue weighted by atomic mass is 32.1. The van der Waals surface area contributed by atoms with E-state index in [1.807, 2.05) is 65.7 Å². The number of carbonyl (C=O) groups is 1. The number of ether oxygens (including phenoxy) is 2. The van der Waals surface area contributed by atoms with Crippen molar-refractivity contribution in [1.82, 2.24) is 9.88 Å². The molecule has 1 amide bonds. The number of rotatable bonds is 9. The summed E-state index contributed by atoms with van der Waals surface area (Å²) in [5.74, 6) is 1.04. The zero-order valence-electron chi connectivity index (χ0n) is 20.2. The molecule has 8 heteroatoms. The maximum absolute atomic E-state index is 14.2. The van der Waals surface area contributed by atoms with Gasteiger partial charge in [-0.15, -0.1) is 17.9 Å². The van der Waals surface area contributed by atoms with Gasteiger partial charge >= 0.3 is 0 Å². The zero-order chi connectivity index (χ0) is 25.1. The number of hydrogen-bond donors (Lipinski definition) is 1. The van der Waals surface area contributed by atoms with Crippen LogP contribution in [0.5, 0.6) is 5.75 Å². The standard InChI is InChI=1S/C28H29N3O4S/c1-3-13-28-25(35-26(30-28)20-9-11-23(12-10-20)34-15-6-14-32)24-8-5-4-7-21(24)16-31(27(28)33)17-22-18-36-19(2)29-22/h3-5,7-12,18,25,32H,1,6,13-17H2,2H3/t25-,28-/m1/s1. The summed E-state index contributed by atoms with van der Waals surface area (Å²) in [6.45, 7) is 7.32. The molecule has 1 N–H and O–H groups in total. The third-order valence-corrected chi connectivity index (χ3v) is 7.29. The quantitative estimate of drug-likeness (QED) is 0.341. The van der Waals surface area contributed by atoms with Crippen LogP contribution in [0.25, 0.3) is 0 Å². The van der Waals surface area contributed by atoms with E-state index in [1.54, 1.807) is 17.4 Å². The van der Waals surface area contributed by atoms with Gasteiger partial charge in [0.15, 0.2) is 11.6 Å². The smallest absolute Gasteiger partial charge is 0.255 e. The summed E-state index contributed by atoms with van der Waals surface area (Å²) in [6, 6.07) is 15.5. The topological polar surface area (TPSA) is 84.2 Å². The molecule has 0 saturated heterocycles. The molecule has 186 valence electrons. The summed E-state index contributed by atoms with van der Waals surface area (Å²) in [5.41, 5.74) is 2.50. The van der Waals surface area contributed by atoms with Crippen molar-refractivity contribution in [3.63, 3.8) is 0 Å². The van der Waals surface area contributed by atoms with Crippen LogP contribution in [-0.2, 0) is 22.6 Å². The number of aliphatic hydroxyl groups is 1. The van der Waals surface area contributed by atoms with Crippen molar-refractivity contribution in [2.75, 3.05) is 13.2 Å². The van der Waals surface area contributed by atoms with E-state index in [2.05, 4.69) is 11.6 Å². The number of aliphatic imine (C=N–C) groups is 1. The maximum Gasteiger partial charge on any atom is 0.255 e. The predicted octanol–water partition coefficient (Wildman–Crippen LogP) is 4.59. The van der Waals surface area contributed by atoms with Gasteiger partial charge in [-0.25, -0.2) is 9.98 Å². The Morgan fingerprint density at radius 3 is 2.81 bits per heavy atom. The van der Waals surface area contributed by atoms with Gasteiger partial charge in [-0.2, -0.15) is 0 Å². The Labute approximate surface area is 214 Å². The molecule has 0 bridgehead atoms. The van der Waals surface area contributed by atoms with Crippen LogP contribution >= 0.6 is 11.3 Å². The number of aromatic nitrogens is 1. The van der Waals surface area contributed by atoms with Gasteiger partial charge < -0.3 is 19.5 Å². The van der Waals surface area contributed by atoms with E-state index >= 15 is 0 Å². The van der Waals surface area contributed by atoms with Crippen molar-refractivity contribution in [3.05, 3.63) is 94.0 Å². The molecule has 2 atom stereocenters. The molecular formula is C28H29N3O4S. The minimum atomic E-state index is -1.15. The molecule has 0 radical (unpaired) electrons. The fraction of sp³-hybridized carbons (Fsp3) is 0.321. The fourth-order valence-corrected chi connectivity index (χ4v) is 5.39. The first-order valence-corrected chi connectivity index (χ1v) is 12.9. The van der Waals surface area contributed by atoms with E-state index < -0.39 is 11.6 Å². The summed E-state index contributed by atoms with van der Waals surface area (Å²) in [6.07, 6.45) is 2.11. The zero-order valence-corrected chi connectivity index (χ0v) is 21.0. The lowest BCUT2D eigenvalue weighted by Gasteiger charge is -2.31. The third-order valence-electron chi connectivity index (χ3n) is 6.47. The first-order chi connectivity index (χ1) is 17.5. The van der Waals surface area contributed by atoms with Crippen molar-refractivity contribution < 1.29 is 19.4 Å². The van der Waals surface area contributed by atoms with Gasteiger partial charge in [-0.3, -0.25) is 4.79 Å². The lowest BCUT2D eigenvalue weighted by atomic mass is 9.84. The number of thiazole rings is 1. The van der Waals surface area contributed by atoms with E-state index in [0.29, 0.717) is 44.2 Å². The molecule has 3 aromatic rings. The Bertz CT molecular complexity index is 1290. The summed E-state index contributed by atoms with van der Waals surface area (Å²) in [5, 5.41) is 11.9. The summed E-state index contributed by atoms with van der Waals surface area (Å²) >= 11 is 1.58. The normalized spacial score (nSPS) is 20.7. The van der Waals surface area contributed by atoms with Crippen molar-refractivity contribution in [1.29, 1.82) is 0 Å². The average Bonchev–Trinajstić information content (AvgIpc) is 3.46. The molecule has 7 nitrogen and oxygen atoms in total. The van der Waals surface area contributed by atoms with Gasteiger partial charge in [-0.05, 0) is 36.8 Å². The van der Waals surface area contributed by atoms with Crippen LogP contribution in [0.2, 0.25) is 0 Å². The van der Waals surface area contributed by atoms with E-state index in [0.717, 1.165) is 27.4 Å². The molecule has 2 aliphatic rings. The van der Waals surface area contributed by atoms with Gasteiger partial charge in [0.1, 0.15) is 5.75 Å². The Hall–Kier alpha value is -3.49.